The summed E-state index contributed by atoms with van der Waals surface area (Å²) in [5, 5.41) is 9.04. The molecular formula is C13H16FN3OS. The highest BCUT2D eigenvalue weighted by molar-refractivity contribution is 7.99. The molecule has 2 aromatic rings. The predicted molar refractivity (Wildman–Crippen MR) is 72.6 cm³/mol. The molecule has 1 aromatic heterocycles. The van der Waals surface area contributed by atoms with Crippen molar-refractivity contribution in [2.45, 2.75) is 23.9 Å². The van der Waals surface area contributed by atoms with Gasteiger partial charge in [-0.3, -0.25) is 0 Å². The Labute approximate surface area is 116 Å². The van der Waals surface area contributed by atoms with Crippen molar-refractivity contribution in [1.82, 2.24) is 14.8 Å². The molecule has 0 amide bonds. The summed E-state index contributed by atoms with van der Waals surface area (Å²) < 4.78 is 19.9. The van der Waals surface area contributed by atoms with Crippen molar-refractivity contribution < 1.29 is 9.13 Å². The molecule has 4 nitrogen and oxygen atoms in total. The minimum atomic E-state index is -0.218. The van der Waals surface area contributed by atoms with Gasteiger partial charge >= 0.3 is 0 Å². The number of aromatic nitrogens is 3. The van der Waals surface area contributed by atoms with Gasteiger partial charge in [-0.2, -0.15) is 0 Å². The molecule has 0 bridgehead atoms. The number of methoxy groups -OCH3 is 1. The Balaban J connectivity index is 2.04. The molecule has 0 aliphatic carbocycles. The van der Waals surface area contributed by atoms with Gasteiger partial charge in [0.2, 0.25) is 0 Å². The average molecular weight is 281 g/mol. The lowest BCUT2D eigenvalue weighted by atomic mass is 10.2. The van der Waals surface area contributed by atoms with E-state index < -0.39 is 0 Å². The summed E-state index contributed by atoms with van der Waals surface area (Å²) in [7, 11) is 1.66. The van der Waals surface area contributed by atoms with Crippen LogP contribution in [0.4, 0.5) is 4.39 Å². The van der Waals surface area contributed by atoms with Crippen LogP contribution in [0, 0.1) is 5.82 Å². The number of hydrogen-bond donors (Lipinski definition) is 0. The van der Waals surface area contributed by atoms with E-state index in [1.54, 1.807) is 37.3 Å². The summed E-state index contributed by atoms with van der Waals surface area (Å²) in [4.78, 5) is 0. The maximum Gasteiger partial charge on any atom is 0.191 e. The van der Waals surface area contributed by atoms with Gasteiger partial charge in [-0.15, -0.1) is 10.2 Å². The third-order valence-electron chi connectivity index (χ3n) is 2.74. The smallest absolute Gasteiger partial charge is 0.191 e. The lowest BCUT2D eigenvalue weighted by Gasteiger charge is -2.12. The summed E-state index contributed by atoms with van der Waals surface area (Å²) >= 11 is 1.60. The molecule has 0 spiro atoms. The Morgan fingerprint density at radius 3 is 2.79 bits per heavy atom. The SMILES string of the molecule is COCCn1cnnc1S[C@H](C)c1ccc(F)cc1. The molecule has 0 saturated heterocycles. The molecule has 6 heteroatoms. The van der Waals surface area contributed by atoms with Gasteiger partial charge in [0, 0.05) is 18.9 Å². The lowest BCUT2D eigenvalue weighted by Crippen LogP contribution is -2.05. The zero-order valence-electron chi connectivity index (χ0n) is 10.9. The summed E-state index contributed by atoms with van der Waals surface area (Å²) in [6.07, 6.45) is 1.69. The molecule has 0 N–H and O–H groups in total. The van der Waals surface area contributed by atoms with Crippen LogP contribution in [-0.4, -0.2) is 28.5 Å². The van der Waals surface area contributed by atoms with Crippen LogP contribution in [0.1, 0.15) is 17.7 Å². The second kappa shape index (κ2) is 6.68. The second-order valence-electron chi connectivity index (χ2n) is 4.11. The van der Waals surface area contributed by atoms with Crippen molar-refractivity contribution in [1.29, 1.82) is 0 Å². The molecule has 1 atom stereocenters. The molecule has 0 saturated carbocycles. The van der Waals surface area contributed by atoms with Gasteiger partial charge in [0.15, 0.2) is 5.16 Å². The van der Waals surface area contributed by atoms with Gasteiger partial charge in [-0.25, -0.2) is 4.39 Å². The second-order valence-corrected chi connectivity index (χ2v) is 5.42. The molecule has 1 heterocycles. The lowest BCUT2D eigenvalue weighted by molar-refractivity contribution is 0.184. The van der Waals surface area contributed by atoms with Gasteiger partial charge in [0.05, 0.1) is 6.61 Å². The van der Waals surface area contributed by atoms with Gasteiger partial charge in [0.25, 0.3) is 0 Å². The van der Waals surface area contributed by atoms with Crippen molar-refractivity contribution in [3.05, 3.63) is 42.0 Å². The first-order valence-electron chi connectivity index (χ1n) is 5.99. The van der Waals surface area contributed by atoms with Crippen molar-refractivity contribution in [3.63, 3.8) is 0 Å². The van der Waals surface area contributed by atoms with E-state index in [0.29, 0.717) is 6.61 Å². The maximum absolute atomic E-state index is 12.9. The van der Waals surface area contributed by atoms with Crippen molar-refractivity contribution in [3.8, 4) is 0 Å². The van der Waals surface area contributed by atoms with Crippen LogP contribution < -0.4 is 0 Å². The van der Waals surface area contributed by atoms with E-state index in [2.05, 4.69) is 17.1 Å². The highest BCUT2D eigenvalue weighted by Gasteiger charge is 2.12. The van der Waals surface area contributed by atoms with Crippen molar-refractivity contribution >= 4 is 11.8 Å². The number of thioether (sulfide) groups is 1. The molecule has 0 unspecified atom stereocenters. The topological polar surface area (TPSA) is 39.9 Å². The molecule has 1 aromatic carbocycles. The Morgan fingerprint density at radius 1 is 1.37 bits per heavy atom. The molecular weight excluding hydrogens is 265 g/mol. The summed E-state index contributed by atoms with van der Waals surface area (Å²) in [5.74, 6) is -0.218. The first-order chi connectivity index (χ1) is 9.20. The quantitative estimate of drug-likeness (QED) is 0.763. The first kappa shape index (κ1) is 14.0. The first-order valence-corrected chi connectivity index (χ1v) is 6.87. The molecule has 0 radical (unpaired) electrons. The standard InChI is InChI=1S/C13H16FN3OS/c1-10(11-3-5-12(14)6-4-11)19-13-16-15-9-17(13)7-8-18-2/h3-6,9-10H,7-8H2,1-2H3/t10-/m1/s1. The van der Waals surface area contributed by atoms with Crippen LogP contribution in [0.2, 0.25) is 0 Å². The molecule has 19 heavy (non-hydrogen) atoms. The van der Waals surface area contributed by atoms with E-state index in [-0.39, 0.29) is 11.1 Å². The third kappa shape index (κ3) is 3.78. The van der Waals surface area contributed by atoms with Gasteiger partial charge in [-0.1, -0.05) is 23.9 Å². The monoisotopic (exact) mass is 281 g/mol. The number of halogens is 1. The molecule has 0 fully saturated rings. The Kier molecular flexibility index (Phi) is 4.93. The largest absolute Gasteiger partial charge is 0.383 e. The van der Waals surface area contributed by atoms with Crippen molar-refractivity contribution in [2.24, 2.45) is 0 Å². The van der Waals surface area contributed by atoms with Gasteiger partial charge < -0.3 is 9.30 Å². The normalized spacial score (nSPS) is 12.6. The molecule has 0 aliphatic heterocycles. The number of benzene rings is 1. The number of hydrogen-bond acceptors (Lipinski definition) is 4. The van der Waals surface area contributed by atoms with Crippen molar-refractivity contribution in [2.75, 3.05) is 13.7 Å². The van der Waals surface area contributed by atoms with Crippen LogP contribution >= 0.6 is 11.8 Å². The molecule has 0 aliphatic rings. The third-order valence-corrected chi connectivity index (χ3v) is 3.89. The fraction of sp³-hybridized carbons (Fsp3) is 0.385. The summed E-state index contributed by atoms with van der Waals surface area (Å²) in [6.45, 7) is 3.41. The molecule has 2 rings (SSSR count). The fourth-order valence-electron chi connectivity index (χ4n) is 1.64. The van der Waals surface area contributed by atoms with Crippen LogP contribution in [-0.2, 0) is 11.3 Å². The van der Waals surface area contributed by atoms with E-state index in [1.807, 2.05) is 4.57 Å². The summed E-state index contributed by atoms with van der Waals surface area (Å²) in [6, 6.07) is 6.54. The van der Waals surface area contributed by atoms with Crippen LogP contribution in [0.15, 0.2) is 35.7 Å². The van der Waals surface area contributed by atoms with Crippen LogP contribution in [0.5, 0.6) is 0 Å². The van der Waals surface area contributed by atoms with Gasteiger partial charge in [-0.05, 0) is 24.6 Å². The predicted octanol–water partition coefficient (Wildman–Crippen LogP) is 2.92. The Bertz CT molecular complexity index is 515. The maximum atomic E-state index is 12.9. The van der Waals surface area contributed by atoms with Crippen LogP contribution in [0.3, 0.4) is 0 Å². The Morgan fingerprint density at radius 2 is 2.11 bits per heavy atom. The average Bonchev–Trinajstić information content (AvgIpc) is 2.84. The fourth-order valence-corrected chi connectivity index (χ4v) is 2.62. The number of ether oxygens (including phenoxy) is 1. The highest BCUT2D eigenvalue weighted by atomic mass is 32.2. The van der Waals surface area contributed by atoms with Crippen LogP contribution in [0.25, 0.3) is 0 Å². The summed E-state index contributed by atoms with van der Waals surface area (Å²) in [5.41, 5.74) is 1.06. The highest BCUT2D eigenvalue weighted by Crippen LogP contribution is 2.33. The molecule has 102 valence electrons. The van der Waals surface area contributed by atoms with Gasteiger partial charge in [0.1, 0.15) is 12.1 Å². The number of nitrogens with zero attached hydrogens (tertiary/aromatic N) is 3. The zero-order valence-corrected chi connectivity index (χ0v) is 11.7. The zero-order chi connectivity index (χ0) is 13.7. The minimum Gasteiger partial charge on any atom is -0.383 e. The Hall–Kier alpha value is -1.40. The van der Waals surface area contributed by atoms with E-state index in [9.17, 15) is 4.39 Å². The number of rotatable bonds is 6. The minimum absolute atomic E-state index is 0.186. The van der Waals surface area contributed by atoms with E-state index in [1.165, 1.54) is 12.1 Å². The van der Waals surface area contributed by atoms with E-state index >= 15 is 0 Å². The van der Waals surface area contributed by atoms with E-state index in [4.69, 9.17) is 4.74 Å². The van der Waals surface area contributed by atoms with E-state index in [0.717, 1.165) is 17.3 Å².